The van der Waals surface area contributed by atoms with Gasteiger partial charge in [-0.3, -0.25) is 0 Å². The van der Waals surface area contributed by atoms with Crippen LogP contribution in [0.2, 0.25) is 0 Å². The molecule has 0 aliphatic rings. The van der Waals surface area contributed by atoms with Crippen molar-refractivity contribution in [3.8, 4) is 22.9 Å². The fourth-order valence-electron chi connectivity index (χ4n) is 2.21. The van der Waals surface area contributed by atoms with Gasteiger partial charge in [0.2, 0.25) is 0 Å². The van der Waals surface area contributed by atoms with Gasteiger partial charge in [-0.1, -0.05) is 38.5 Å². The second-order valence-corrected chi connectivity index (χ2v) is 5.49. The Morgan fingerprint density at radius 1 is 1.26 bits per heavy atom. The van der Waals surface area contributed by atoms with Gasteiger partial charge in [-0.05, 0) is 35.7 Å². The molecule has 0 aromatic heterocycles. The maximum Gasteiger partial charge on any atom is 0.336 e. The zero-order valence-electron chi connectivity index (χ0n) is 13.2. The lowest BCUT2D eigenvalue weighted by atomic mass is 9.95. The minimum atomic E-state index is -1.05. The van der Waals surface area contributed by atoms with Crippen LogP contribution in [0, 0.1) is 17.2 Å². The SMILES string of the molecule is CCC(C)COc1ccc(-c2c(C#N)cccc2C(=O)O)cc1. The minimum Gasteiger partial charge on any atom is -0.493 e. The van der Waals surface area contributed by atoms with Crippen LogP contribution in [0.4, 0.5) is 0 Å². The van der Waals surface area contributed by atoms with Gasteiger partial charge in [0.05, 0.1) is 23.8 Å². The lowest BCUT2D eigenvalue weighted by Crippen LogP contribution is -2.07. The van der Waals surface area contributed by atoms with E-state index >= 15 is 0 Å². The molecule has 23 heavy (non-hydrogen) atoms. The molecule has 2 rings (SSSR count). The summed E-state index contributed by atoms with van der Waals surface area (Å²) in [6, 6.07) is 13.9. The molecule has 0 aliphatic carbocycles. The molecule has 0 saturated carbocycles. The maximum atomic E-state index is 11.4. The van der Waals surface area contributed by atoms with Crippen LogP contribution in [0.1, 0.15) is 36.2 Å². The van der Waals surface area contributed by atoms with E-state index in [4.69, 9.17) is 4.74 Å². The van der Waals surface area contributed by atoms with Gasteiger partial charge in [-0.15, -0.1) is 0 Å². The zero-order valence-corrected chi connectivity index (χ0v) is 13.2. The molecule has 2 aromatic rings. The number of benzene rings is 2. The normalized spacial score (nSPS) is 11.5. The number of carbonyl (C=O) groups is 1. The maximum absolute atomic E-state index is 11.4. The Morgan fingerprint density at radius 2 is 1.96 bits per heavy atom. The number of hydrogen-bond donors (Lipinski definition) is 1. The Hall–Kier alpha value is -2.80. The van der Waals surface area contributed by atoms with E-state index in [2.05, 4.69) is 19.9 Å². The highest BCUT2D eigenvalue weighted by Gasteiger charge is 2.15. The Bertz CT molecular complexity index is 729. The second kappa shape index (κ2) is 7.46. The van der Waals surface area contributed by atoms with E-state index in [1.165, 1.54) is 6.07 Å². The van der Waals surface area contributed by atoms with E-state index < -0.39 is 5.97 Å². The Balaban J connectivity index is 2.33. The number of hydrogen-bond acceptors (Lipinski definition) is 3. The molecule has 2 aromatic carbocycles. The summed E-state index contributed by atoms with van der Waals surface area (Å²) in [4.78, 5) is 11.4. The molecule has 0 spiro atoms. The Kier molecular flexibility index (Phi) is 5.37. The van der Waals surface area contributed by atoms with Gasteiger partial charge in [0.15, 0.2) is 0 Å². The molecule has 4 heteroatoms. The highest BCUT2D eigenvalue weighted by atomic mass is 16.5. The first-order valence-corrected chi connectivity index (χ1v) is 7.56. The molecule has 0 radical (unpaired) electrons. The standard InChI is InChI=1S/C19H19NO3/c1-3-13(2)12-23-16-9-7-14(8-10-16)18-15(11-20)5-4-6-17(18)19(21)22/h4-10,13H,3,12H2,1-2H3,(H,21,22). The van der Waals surface area contributed by atoms with Gasteiger partial charge in [0, 0.05) is 5.56 Å². The summed E-state index contributed by atoms with van der Waals surface area (Å²) >= 11 is 0. The minimum absolute atomic E-state index is 0.123. The van der Waals surface area contributed by atoms with Crippen molar-refractivity contribution in [3.05, 3.63) is 53.6 Å². The van der Waals surface area contributed by atoms with Crippen LogP contribution in [-0.2, 0) is 0 Å². The number of carboxylic acid groups (broad SMARTS) is 1. The zero-order chi connectivity index (χ0) is 16.8. The van der Waals surface area contributed by atoms with Crippen molar-refractivity contribution < 1.29 is 14.6 Å². The Morgan fingerprint density at radius 3 is 2.52 bits per heavy atom. The predicted octanol–water partition coefficient (Wildman–Crippen LogP) is 4.35. The van der Waals surface area contributed by atoms with E-state index in [0.29, 0.717) is 29.2 Å². The molecular weight excluding hydrogens is 290 g/mol. The molecule has 0 aliphatic heterocycles. The second-order valence-electron chi connectivity index (χ2n) is 5.49. The van der Waals surface area contributed by atoms with E-state index in [-0.39, 0.29) is 5.56 Å². The van der Waals surface area contributed by atoms with Crippen molar-refractivity contribution in [1.29, 1.82) is 5.26 Å². The van der Waals surface area contributed by atoms with Crippen molar-refractivity contribution in [2.24, 2.45) is 5.92 Å². The average Bonchev–Trinajstić information content (AvgIpc) is 2.59. The first kappa shape index (κ1) is 16.6. The lowest BCUT2D eigenvalue weighted by Gasteiger charge is -2.12. The van der Waals surface area contributed by atoms with Gasteiger partial charge in [0.25, 0.3) is 0 Å². The van der Waals surface area contributed by atoms with Crippen molar-refractivity contribution >= 4 is 5.97 Å². The summed E-state index contributed by atoms with van der Waals surface area (Å²) in [6.45, 7) is 4.88. The number of rotatable bonds is 6. The van der Waals surface area contributed by atoms with E-state index in [0.717, 1.165) is 12.2 Å². The average molecular weight is 309 g/mol. The fraction of sp³-hybridized carbons (Fsp3) is 0.263. The monoisotopic (exact) mass is 309 g/mol. The van der Waals surface area contributed by atoms with E-state index in [9.17, 15) is 15.2 Å². The fourth-order valence-corrected chi connectivity index (χ4v) is 2.21. The molecule has 0 bridgehead atoms. The smallest absolute Gasteiger partial charge is 0.336 e. The van der Waals surface area contributed by atoms with E-state index in [1.807, 2.05) is 0 Å². The summed E-state index contributed by atoms with van der Waals surface area (Å²) in [5.74, 6) is 0.169. The highest BCUT2D eigenvalue weighted by molar-refractivity contribution is 5.97. The quantitative estimate of drug-likeness (QED) is 0.861. The van der Waals surface area contributed by atoms with Crippen LogP contribution in [0.5, 0.6) is 5.75 Å². The molecule has 1 N–H and O–H groups in total. The molecule has 118 valence electrons. The Labute approximate surface area is 136 Å². The summed E-state index contributed by atoms with van der Waals surface area (Å²) in [5.41, 5.74) is 1.60. The molecule has 1 unspecified atom stereocenters. The van der Waals surface area contributed by atoms with Crippen molar-refractivity contribution in [1.82, 2.24) is 0 Å². The lowest BCUT2D eigenvalue weighted by molar-refractivity contribution is 0.0697. The summed E-state index contributed by atoms with van der Waals surface area (Å²) in [7, 11) is 0. The number of nitrogens with zero attached hydrogens (tertiary/aromatic N) is 1. The van der Waals surface area contributed by atoms with Crippen LogP contribution < -0.4 is 4.74 Å². The first-order chi connectivity index (χ1) is 11.1. The largest absolute Gasteiger partial charge is 0.493 e. The van der Waals surface area contributed by atoms with Crippen molar-refractivity contribution in [2.45, 2.75) is 20.3 Å². The molecule has 4 nitrogen and oxygen atoms in total. The van der Waals surface area contributed by atoms with Crippen LogP contribution >= 0.6 is 0 Å². The van der Waals surface area contributed by atoms with Crippen LogP contribution in [0.15, 0.2) is 42.5 Å². The molecule has 0 heterocycles. The summed E-state index contributed by atoms with van der Waals surface area (Å²) in [5, 5.41) is 18.6. The number of carboxylic acids is 1. The highest BCUT2D eigenvalue weighted by Crippen LogP contribution is 2.29. The molecule has 0 saturated heterocycles. The van der Waals surface area contributed by atoms with Gasteiger partial charge < -0.3 is 9.84 Å². The van der Waals surface area contributed by atoms with Gasteiger partial charge >= 0.3 is 5.97 Å². The van der Waals surface area contributed by atoms with Crippen LogP contribution in [0.3, 0.4) is 0 Å². The van der Waals surface area contributed by atoms with Crippen molar-refractivity contribution in [2.75, 3.05) is 6.61 Å². The number of ether oxygens (including phenoxy) is 1. The third-order valence-electron chi connectivity index (χ3n) is 3.79. The predicted molar refractivity (Wildman–Crippen MR) is 88.5 cm³/mol. The van der Waals surface area contributed by atoms with Crippen molar-refractivity contribution in [3.63, 3.8) is 0 Å². The van der Waals surface area contributed by atoms with Crippen LogP contribution in [-0.4, -0.2) is 17.7 Å². The van der Waals surface area contributed by atoms with Crippen LogP contribution in [0.25, 0.3) is 11.1 Å². The number of aromatic carboxylic acids is 1. The summed E-state index contributed by atoms with van der Waals surface area (Å²) in [6.07, 6.45) is 1.05. The first-order valence-electron chi connectivity index (χ1n) is 7.56. The van der Waals surface area contributed by atoms with Gasteiger partial charge in [0.1, 0.15) is 5.75 Å². The molecule has 1 atom stereocenters. The molecular formula is C19H19NO3. The third kappa shape index (κ3) is 3.89. The van der Waals surface area contributed by atoms with E-state index in [1.54, 1.807) is 36.4 Å². The number of nitriles is 1. The summed E-state index contributed by atoms with van der Waals surface area (Å²) < 4.78 is 5.70. The molecule has 0 amide bonds. The topological polar surface area (TPSA) is 70.3 Å². The third-order valence-corrected chi connectivity index (χ3v) is 3.79. The van der Waals surface area contributed by atoms with Gasteiger partial charge in [-0.25, -0.2) is 4.79 Å². The van der Waals surface area contributed by atoms with Gasteiger partial charge in [-0.2, -0.15) is 5.26 Å². The molecule has 0 fully saturated rings.